The Morgan fingerprint density at radius 3 is 2.71 bits per heavy atom. The number of aromatic nitrogens is 1. The Balaban J connectivity index is 2.19. The summed E-state index contributed by atoms with van der Waals surface area (Å²) >= 11 is 8.75. The van der Waals surface area contributed by atoms with E-state index >= 15 is 0 Å². The molecule has 1 atom stereocenters. The number of allylic oxidation sites excluding steroid dienone is 2. The maximum atomic E-state index is 6.33. The number of hydrogen-bond donors (Lipinski definition) is 1. The number of rotatable bonds is 2. The van der Waals surface area contributed by atoms with Gasteiger partial charge in [-0.3, -0.25) is 4.98 Å². The van der Waals surface area contributed by atoms with Crippen LogP contribution in [-0.2, 0) is 0 Å². The van der Waals surface area contributed by atoms with Crippen molar-refractivity contribution >= 4 is 45.5 Å². The molecule has 0 radical (unpaired) electrons. The van der Waals surface area contributed by atoms with Gasteiger partial charge in [0.25, 0.3) is 0 Å². The maximum absolute atomic E-state index is 6.33. The fraction of sp³-hybridized carbons (Fsp3) is 0.118. The van der Waals surface area contributed by atoms with E-state index in [1.54, 1.807) is 12.4 Å². The molecule has 1 aromatic carbocycles. The molecule has 1 N–H and O–H groups in total. The average molecular weight is 409 g/mol. The topological polar surface area (TPSA) is 24.9 Å². The van der Waals surface area contributed by atoms with Crippen molar-refractivity contribution in [3.63, 3.8) is 0 Å². The van der Waals surface area contributed by atoms with Gasteiger partial charge in [-0.15, -0.1) is 0 Å². The van der Waals surface area contributed by atoms with Crippen molar-refractivity contribution in [2.24, 2.45) is 0 Å². The second-order valence-electron chi connectivity index (χ2n) is 4.90. The zero-order valence-electron chi connectivity index (χ0n) is 11.3. The molecule has 4 heteroatoms. The molecule has 0 saturated heterocycles. The average Bonchev–Trinajstić information content (AvgIpc) is 2.51. The molecular formula is C17H14ClIN2. The molecule has 2 nitrogen and oxygen atoms in total. The van der Waals surface area contributed by atoms with Crippen LogP contribution in [0.3, 0.4) is 0 Å². The molecule has 0 amide bonds. The number of hydrogen-bond acceptors (Lipinski definition) is 2. The highest BCUT2D eigenvalue weighted by atomic mass is 127. The molecule has 2 heterocycles. The molecule has 0 bridgehead atoms. The lowest BCUT2D eigenvalue weighted by Crippen LogP contribution is -2.25. The fourth-order valence-corrected chi connectivity index (χ4v) is 3.24. The molecular weight excluding hydrogens is 395 g/mol. The predicted molar refractivity (Wildman–Crippen MR) is 97.2 cm³/mol. The zero-order chi connectivity index (χ0) is 14.8. The van der Waals surface area contributed by atoms with E-state index in [4.69, 9.17) is 11.6 Å². The number of pyridine rings is 1. The van der Waals surface area contributed by atoms with Gasteiger partial charge in [-0.1, -0.05) is 71.1 Å². The van der Waals surface area contributed by atoms with Crippen molar-refractivity contribution in [1.29, 1.82) is 0 Å². The monoisotopic (exact) mass is 408 g/mol. The Morgan fingerprint density at radius 2 is 2.00 bits per heavy atom. The zero-order valence-corrected chi connectivity index (χ0v) is 14.2. The Hall–Kier alpha value is -1.33. The van der Waals surface area contributed by atoms with Crippen LogP contribution in [0.1, 0.15) is 17.5 Å². The highest BCUT2D eigenvalue weighted by molar-refractivity contribution is 14.1. The van der Waals surface area contributed by atoms with Gasteiger partial charge >= 0.3 is 0 Å². The summed E-state index contributed by atoms with van der Waals surface area (Å²) < 4.78 is 0.363. The van der Waals surface area contributed by atoms with Gasteiger partial charge in [0.1, 0.15) is 0 Å². The van der Waals surface area contributed by atoms with E-state index in [-0.39, 0.29) is 0 Å². The Morgan fingerprint density at radius 1 is 1.24 bits per heavy atom. The first-order chi connectivity index (χ1) is 10.2. The second kappa shape index (κ2) is 6.20. The van der Waals surface area contributed by atoms with Gasteiger partial charge in [0, 0.05) is 23.7 Å². The van der Waals surface area contributed by atoms with Crippen molar-refractivity contribution in [3.8, 4) is 0 Å². The first-order valence-corrected chi connectivity index (χ1v) is 8.27. The summed E-state index contributed by atoms with van der Waals surface area (Å²) in [6.07, 6.45) is 4.37. The summed E-state index contributed by atoms with van der Waals surface area (Å²) in [5, 5.41) is 4.08. The molecule has 0 saturated carbocycles. The minimum absolute atomic E-state index is 0.363. The number of halogens is 2. The largest absolute Gasteiger partial charge is 0.358 e. The quantitative estimate of drug-likeness (QED) is 0.564. The summed E-state index contributed by atoms with van der Waals surface area (Å²) in [4.78, 5) is 4.07. The first kappa shape index (κ1) is 14.6. The van der Waals surface area contributed by atoms with E-state index in [1.807, 2.05) is 12.1 Å². The normalized spacial score (nSPS) is 18.6. The molecule has 1 aromatic heterocycles. The van der Waals surface area contributed by atoms with Crippen molar-refractivity contribution in [3.05, 3.63) is 77.2 Å². The van der Waals surface area contributed by atoms with Gasteiger partial charge in [0.2, 0.25) is 0 Å². The van der Waals surface area contributed by atoms with Gasteiger partial charge < -0.3 is 5.32 Å². The minimum atomic E-state index is 0.363. The van der Waals surface area contributed by atoms with E-state index in [9.17, 15) is 0 Å². The van der Waals surface area contributed by atoms with Gasteiger partial charge in [-0.05, 0) is 23.6 Å². The van der Waals surface area contributed by atoms with Crippen molar-refractivity contribution in [1.82, 2.24) is 10.3 Å². The Kier molecular flexibility index (Phi) is 4.31. The van der Waals surface area contributed by atoms with Crippen molar-refractivity contribution in [2.45, 2.75) is 10.3 Å². The second-order valence-corrected chi connectivity index (χ2v) is 6.81. The smallest absolute Gasteiger partial charge is 0.0682 e. The van der Waals surface area contributed by atoms with Crippen molar-refractivity contribution < 1.29 is 0 Å². The third kappa shape index (κ3) is 2.99. The molecule has 1 aliphatic rings. The van der Waals surface area contributed by atoms with Gasteiger partial charge in [0.15, 0.2) is 0 Å². The van der Waals surface area contributed by atoms with Crippen LogP contribution in [0, 0.1) is 0 Å². The Labute approximate surface area is 143 Å². The molecule has 2 aromatic rings. The molecule has 21 heavy (non-hydrogen) atoms. The van der Waals surface area contributed by atoms with Crippen LogP contribution in [0.15, 0.2) is 61.1 Å². The number of alkyl halides is 1. The number of benzene rings is 1. The highest BCUT2D eigenvalue weighted by Gasteiger charge is 2.24. The molecule has 0 fully saturated rings. The van der Waals surface area contributed by atoms with Gasteiger partial charge in [-0.25, -0.2) is 0 Å². The van der Waals surface area contributed by atoms with E-state index in [0.717, 1.165) is 23.4 Å². The van der Waals surface area contributed by atoms with Gasteiger partial charge in [0.05, 0.1) is 14.6 Å². The summed E-state index contributed by atoms with van der Waals surface area (Å²) in [5.41, 5.74) is 5.48. The Bertz CT molecular complexity index is 710. The third-order valence-corrected chi connectivity index (χ3v) is 5.01. The van der Waals surface area contributed by atoms with Crippen molar-refractivity contribution in [2.75, 3.05) is 0 Å². The fourth-order valence-electron chi connectivity index (χ4n) is 2.43. The van der Waals surface area contributed by atoms with Crippen LogP contribution in [0.4, 0.5) is 0 Å². The summed E-state index contributed by atoms with van der Waals surface area (Å²) in [5.74, 6) is 0. The standard InChI is InChI=1S/C17H14ClIN2/c1-11-16(19)9-14(12-5-3-2-4-6-12)17(21-11)13-7-8-20-10-15(13)18/h2-8,10,16,21H,1,9H2. The molecule has 0 aliphatic carbocycles. The molecule has 1 unspecified atom stereocenters. The number of nitrogens with one attached hydrogen (secondary N) is 1. The lowest BCUT2D eigenvalue weighted by molar-refractivity contribution is 0.912. The molecule has 0 spiro atoms. The third-order valence-electron chi connectivity index (χ3n) is 3.51. The minimum Gasteiger partial charge on any atom is -0.358 e. The van der Waals surface area contributed by atoms with Crippen LogP contribution in [0.25, 0.3) is 11.3 Å². The molecule has 1 aliphatic heterocycles. The van der Waals surface area contributed by atoms with Gasteiger partial charge in [-0.2, -0.15) is 0 Å². The van der Waals surface area contributed by atoms with Crippen LogP contribution in [-0.4, -0.2) is 8.91 Å². The maximum Gasteiger partial charge on any atom is 0.0682 e. The van der Waals surface area contributed by atoms with E-state index < -0.39 is 0 Å². The summed E-state index contributed by atoms with van der Waals surface area (Å²) in [6, 6.07) is 12.3. The van der Waals surface area contributed by atoms with E-state index in [0.29, 0.717) is 8.95 Å². The summed E-state index contributed by atoms with van der Waals surface area (Å²) in [6.45, 7) is 4.12. The lowest BCUT2D eigenvalue weighted by Gasteiger charge is -2.28. The number of nitrogens with zero attached hydrogens (tertiary/aromatic N) is 1. The van der Waals surface area contributed by atoms with Crippen LogP contribution < -0.4 is 5.32 Å². The molecule has 3 rings (SSSR count). The van der Waals surface area contributed by atoms with E-state index in [2.05, 4.69) is 63.7 Å². The predicted octanol–water partition coefficient (Wildman–Crippen LogP) is 4.91. The first-order valence-electron chi connectivity index (χ1n) is 6.65. The molecule has 106 valence electrons. The van der Waals surface area contributed by atoms with Crippen LogP contribution in [0.2, 0.25) is 5.02 Å². The summed E-state index contributed by atoms with van der Waals surface area (Å²) in [7, 11) is 0. The lowest BCUT2D eigenvalue weighted by atomic mass is 9.92. The van der Waals surface area contributed by atoms with Crippen LogP contribution >= 0.6 is 34.2 Å². The highest BCUT2D eigenvalue weighted by Crippen LogP contribution is 2.38. The van der Waals surface area contributed by atoms with Crippen LogP contribution in [0.5, 0.6) is 0 Å². The SMILES string of the molecule is C=C1NC(c2ccncc2Cl)=C(c2ccccc2)CC1I. The van der Waals surface area contributed by atoms with E-state index in [1.165, 1.54) is 11.1 Å².